The van der Waals surface area contributed by atoms with Crippen LogP contribution in [0.25, 0.3) is 0 Å². The van der Waals surface area contributed by atoms with Gasteiger partial charge in [0.15, 0.2) is 5.69 Å². The highest BCUT2D eigenvalue weighted by atomic mass is 16.5. The Morgan fingerprint density at radius 3 is 3.12 bits per heavy atom. The Morgan fingerprint density at radius 2 is 2.47 bits per heavy atom. The number of hydrogen-bond acceptors (Lipinski definition) is 4. The molecule has 6 nitrogen and oxygen atoms in total. The van der Waals surface area contributed by atoms with Crippen LogP contribution in [0, 0.1) is 5.92 Å². The lowest BCUT2D eigenvalue weighted by Gasteiger charge is -2.31. The first-order valence-electron chi connectivity index (χ1n) is 5.85. The Balaban J connectivity index is 1.99. The van der Waals surface area contributed by atoms with E-state index in [1.54, 1.807) is 25.0 Å². The summed E-state index contributed by atoms with van der Waals surface area (Å²) in [6.45, 7) is 2.27. The highest BCUT2D eigenvalue weighted by molar-refractivity contribution is 5.91. The molecule has 0 aromatic carbocycles. The van der Waals surface area contributed by atoms with Crippen LogP contribution in [0.5, 0.6) is 0 Å². The number of carbonyl (C=O) groups is 1. The predicted molar refractivity (Wildman–Crippen MR) is 61.5 cm³/mol. The van der Waals surface area contributed by atoms with Crippen molar-refractivity contribution < 1.29 is 9.53 Å². The fraction of sp³-hybridized carbons (Fsp3) is 0.727. The summed E-state index contributed by atoms with van der Waals surface area (Å²) in [5.74, 6) is 0.410. The molecule has 1 fully saturated rings. The average molecular weight is 238 g/mol. The third kappa shape index (κ3) is 2.82. The molecule has 1 aromatic heterocycles. The van der Waals surface area contributed by atoms with Gasteiger partial charge in [-0.3, -0.25) is 9.48 Å². The summed E-state index contributed by atoms with van der Waals surface area (Å²) in [7, 11) is 3.46. The first kappa shape index (κ1) is 12.0. The van der Waals surface area contributed by atoms with Crippen LogP contribution in [0.2, 0.25) is 0 Å². The van der Waals surface area contributed by atoms with Crippen molar-refractivity contribution >= 4 is 5.91 Å². The summed E-state index contributed by atoms with van der Waals surface area (Å²) < 4.78 is 6.69. The van der Waals surface area contributed by atoms with Crippen molar-refractivity contribution in [3.8, 4) is 0 Å². The van der Waals surface area contributed by atoms with E-state index in [0.29, 0.717) is 18.2 Å². The number of nitrogens with zero attached hydrogens (tertiary/aromatic N) is 4. The van der Waals surface area contributed by atoms with Crippen LogP contribution >= 0.6 is 0 Å². The molecule has 17 heavy (non-hydrogen) atoms. The van der Waals surface area contributed by atoms with Crippen molar-refractivity contribution in [1.29, 1.82) is 0 Å². The number of rotatable bonds is 3. The van der Waals surface area contributed by atoms with E-state index in [2.05, 4.69) is 10.3 Å². The van der Waals surface area contributed by atoms with Gasteiger partial charge in [0.2, 0.25) is 0 Å². The number of aryl methyl sites for hydroxylation is 1. The molecule has 0 unspecified atom stereocenters. The Labute approximate surface area is 101 Å². The van der Waals surface area contributed by atoms with Crippen LogP contribution in [-0.2, 0) is 11.8 Å². The molecule has 2 rings (SSSR count). The van der Waals surface area contributed by atoms with Gasteiger partial charge in [0.25, 0.3) is 5.91 Å². The van der Waals surface area contributed by atoms with Crippen LogP contribution < -0.4 is 0 Å². The highest BCUT2D eigenvalue weighted by Crippen LogP contribution is 2.18. The van der Waals surface area contributed by atoms with Gasteiger partial charge in [-0.15, -0.1) is 5.10 Å². The lowest BCUT2D eigenvalue weighted by atomic mass is 9.99. The minimum absolute atomic E-state index is 0.0288. The molecule has 1 atom stereocenters. The molecule has 1 aliphatic rings. The predicted octanol–water partition coefficient (Wildman–Crippen LogP) is 0.314. The molecular formula is C11H18N4O2. The summed E-state index contributed by atoms with van der Waals surface area (Å²) >= 11 is 0. The number of aromatic nitrogens is 3. The van der Waals surface area contributed by atoms with Crippen molar-refractivity contribution in [3.05, 3.63) is 11.9 Å². The molecule has 2 heterocycles. The second kappa shape index (κ2) is 5.27. The van der Waals surface area contributed by atoms with Crippen LogP contribution in [0.1, 0.15) is 23.3 Å². The van der Waals surface area contributed by atoms with Gasteiger partial charge < -0.3 is 9.64 Å². The maximum absolute atomic E-state index is 12.1. The third-order valence-electron chi connectivity index (χ3n) is 3.03. The monoisotopic (exact) mass is 238 g/mol. The number of carbonyl (C=O) groups excluding carboxylic acids is 1. The lowest BCUT2D eigenvalue weighted by molar-refractivity contribution is 0.0565. The molecule has 0 saturated carbocycles. The van der Waals surface area contributed by atoms with E-state index in [9.17, 15) is 4.79 Å². The number of hydrogen-bond donors (Lipinski definition) is 0. The van der Waals surface area contributed by atoms with E-state index in [0.717, 1.165) is 25.9 Å². The van der Waals surface area contributed by atoms with E-state index < -0.39 is 0 Å². The van der Waals surface area contributed by atoms with Crippen molar-refractivity contribution in [2.75, 3.05) is 26.8 Å². The van der Waals surface area contributed by atoms with Gasteiger partial charge in [-0.1, -0.05) is 5.21 Å². The average Bonchev–Trinajstić information content (AvgIpc) is 2.76. The zero-order valence-electron chi connectivity index (χ0n) is 10.3. The SMILES string of the molecule is COC[C@@H]1CCCN(C(=O)c2cn(C)nn2)C1. The topological polar surface area (TPSA) is 60.2 Å². The third-order valence-corrected chi connectivity index (χ3v) is 3.03. The molecule has 0 spiro atoms. The molecule has 6 heteroatoms. The number of ether oxygens (including phenoxy) is 1. The molecule has 0 radical (unpaired) electrons. The largest absolute Gasteiger partial charge is 0.384 e. The number of likely N-dealkylation sites (tertiary alicyclic amines) is 1. The molecular weight excluding hydrogens is 220 g/mol. The van der Waals surface area contributed by atoms with Gasteiger partial charge in [0.1, 0.15) is 0 Å². The molecule has 1 aliphatic heterocycles. The minimum Gasteiger partial charge on any atom is -0.384 e. The number of piperidine rings is 1. The molecule has 1 amide bonds. The van der Waals surface area contributed by atoms with E-state index >= 15 is 0 Å². The summed E-state index contributed by atoms with van der Waals surface area (Å²) in [4.78, 5) is 14.0. The van der Waals surface area contributed by atoms with Crippen LogP contribution in [0.3, 0.4) is 0 Å². The number of amides is 1. The normalized spacial score (nSPS) is 20.6. The Hall–Kier alpha value is -1.43. The second-order valence-corrected chi connectivity index (χ2v) is 4.49. The van der Waals surface area contributed by atoms with Crippen LogP contribution in [-0.4, -0.2) is 52.6 Å². The molecule has 94 valence electrons. The van der Waals surface area contributed by atoms with Gasteiger partial charge >= 0.3 is 0 Å². The standard InChI is InChI=1S/C11H18N4O2/c1-14-7-10(12-13-14)11(16)15-5-3-4-9(6-15)8-17-2/h7,9H,3-6,8H2,1-2H3/t9-/m1/s1. The zero-order valence-corrected chi connectivity index (χ0v) is 10.3. The molecule has 1 aromatic rings. The summed E-state index contributed by atoms with van der Waals surface area (Å²) in [5.41, 5.74) is 0.422. The van der Waals surface area contributed by atoms with E-state index in [1.165, 1.54) is 0 Å². The Bertz CT molecular complexity index is 389. The van der Waals surface area contributed by atoms with E-state index in [1.807, 2.05) is 4.90 Å². The van der Waals surface area contributed by atoms with Crippen molar-refractivity contribution in [1.82, 2.24) is 19.9 Å². The van der Waals surface area contributed by atoms with Crippen LogP contribution in [0.4, 0.5) is 0 Å². The minimum atomic E-state index is -0.0288. The lowest BCUT2D eigenvalue weighted by Crippen LogP contribution is -2.41. The van der Waals surface area contributed by atoms with Crippen LogP contribution in [0.15, 0.2) is 6.20 Å². The maximum Gasteiger partial charge on any atom is 0.276 e. The van der Waals surface area contributed by atoms with Gasteiger partial charge in [-0.05, 0) is 18.8 Å². The quantitative estimate of drug-likeness (QED) is 0.760. The molecule has 0 bridgehead atoms. The Kier molecular flexibility index (Phi) is 3.73. The van der Waals surface area contributed by atoms with Gasteiger partial charge in [0, 0.05) is 27.2 Å². The smallest absolute Gasteiger partial charge is 0.276 e. The van der Waals surface area contributed by atoms with Crippen molar-refractivity contribution in [2.24, 2.45) is 13.0 Å². The maximum atomic E-state index is 12.1. The Morgan fingerprint density at radius 1 is 1.65 bits per heavy atom. The van der Waals surface area contributed by atoms with E-state index in [-0.39, 0.29) is 5.91 Å². The van der Waals surface area contributed by atoms with E-state index in [4.69, 9.17) is 4.74 Å². The molecule has 0 N–H and O–H groups in total. The van der Waals surface area contributed by atoms with Gasteiger partial charge in [-0.2, -0.15) is 0 Å². The zero-order chi connectivity index (χ0) is 12.3. The van der Waals surface area contributed by atoms with Gasteiger partial charge in [0.05, 0.1) is 12.8 Å². The van der Waals surface area contributed by atoms with Crippen molar-refractivity contribution in [3.63, 3.8) is 0 Å². The first-order chi connectivity index (χ1) is 8.20. The fourth-order valence-electron chi connectivity index (χ4n) is 2.23. The highest BCUT2D eigenvalue weighted by Gasteiger charge is 2.25. The van der Waals surface area contributed by atoms with Gasteiger partial charge in [-0.25, -0.2) is 0 Å². The summed E-state index contributed by atoms with van der Waals surface area (Å²) in [6.07, 6.45) is 3.81. The first-order valence-corrected chi connectivity index (χ1v) is 5.85. The molecule has 1 saturated heterocycles. The fourth-order valence-corrected chi connectivity index (χ4v) is 2.23. The summed E-state index contributed by atoms with van der Waals surface area (Å²) in [6, 6.07) is 0. The second-order valence-electron chi connectivity index (χ2n) is 4.49. The van der Waals surface area contributed by atoms with Crippen molar-refractivity contribution in [2.45, 2.75) is 12.8 Å². The molecule has 0 aliphatic carbocycles. The number of methoxy groups -OCH3 is 1. The summed E-state index contributed by atoms with van der Waals surface area (Å²) in [5, 5.41) is 7.63.